The highest BCUT2D eigenvalue weighted by molar-refractivity contribution is 6.03. The number of carbonyl (C=O) groups is 2. The molecule has 1 aliphatic rings. The van der Waals surface area contributed by atoms with Crippen LogP contribution in [0.1, 0.15) is 40.3 Å². The van der Waals surface area contributed by atoms with E-state index in [1.54, 1.807) is 30.3 Å². The molecule has 0 radical (unpaired) electrons. The Morgan fingerprint density at radius 2 is 1.75 bits per heavy atom. The highest BCUT2D eigenvalue weighted by atomic mass is 16.2. The second-order valence-electron chi connectivity index (χ2n) is 6.92. The van der Waals surface area contributed by atoms with E-state index in [-0.39, 0.29) is 23.4 Å². The molecule has 1 atom stereocenters. The Kier molecular flexibility index (Phi) is 4.61. The summed E-state index contributed by atoms with van der Waals surface area (Å²) in [5, 5.41) is 11.2. The standard InChI is InChI=1S/C22H20N4O2/c1-14-13-17-5-3-4-6-20(17)26(14)21-12-11-19(24-25-21)22(28)23-18-9-7-16(8-10-18)15(2)27/h3-12,14H,13H2,1-2H3,(H,23,28). The van der Waals surface area contributed by atoms with Gasteiger partial charge in [0.25, 0.3) is 5.91 Å². The van der Waals surface area contributed by atoms with Gasteiger partial charge in [0.1, 0.15) is 0 Å². The lowest BCUT2D eigenvalue weighted by molar-refractivity contribution is 0.101. The minimum Gasteiger partial charge on any atom is -0.321 e. The Labute approximate surface area is 163 Å². The third kappa shape index (κ3) is 3.36. The van der Waals surface area contributed by atoms with Crippen molar-refractivity contribution >= 4 is 28.9 Å². The number of nitrogens with zero attached hydrogens (tertiary/aromatic N) is 3. The molecule has 6 heteroatoms. The Balaban J connectivity index is 1.50. The van der Waals surface area contributed by atoms with E-state index in [0.29, 0.717) is 11.3 Å². The van der Waals surface area contributed by atoms with E-state index in [9.17, 15) is 9.59 Å². The molecule has 0 fully saturated rings. The van der Waals surface area contributed by atoms with Gasteiger partial charge >= 0.3 is 0 Å². The second-order valence-corrected chi connectivity index (χ2v) is 6.92. The first kappa shape index (κ1) is 17.9. The Morgan fingerprint density at radius 1 is 1.00 bits per heavy atom. The summed E-state index contributed by atoms with van der Waals surface area (Å²) in [7, 11) is 0. The highest BCUT2D eigenvalue weighted by Crippen LogP contribution is 2.36. The summed E-state index contributed by atoms with van der Waals surface area (Å²) in [6.07, 6.45) is 0.955. The van der Waals surface area contributed by atoms with Crippen molar-refractivity contribution in [2.75, 3.05) is 10.2 Å². The first-order valence-electron chi connectivity index (χ1n) is 9.16. The number of benzene rings is 2. The van der Waals surface area contributed by atoms with Crippen molar-refractivity contribution in [1.29, 1.82) is 0 Å². The maximum Gasteiger partial charge on any atom is 0.276 e. The van der Waals surface area contributed by atoms with Crippen LogP contribution in [0.2, 0.25) is 0 Å². The molecule has 0 spiro atoms. The van der Waals surface area contributed by atoms with Crippen LogP contribution in [0.25, 0.3) is 0 Å². The van der Waals surface area contributed by atoms with Gasteiger partial charge in [0, 0.05) is 23.0 Å². The molecule has 4 rings (SSSR count). The molecule has 140 valence electrons. The molecule has 1 aromatic heterocycles. The molecule has 6 nitrogen and oxygen atoms in total. The summed E-state index contributed by atoms with van der Waals surface area (Å²) < 4.78 is 0. The maximum absolute atomic E-state index is 12.4. The predicted octanol–water partition coefficient (Wildman–Crippen LogP) is 4.01. The van der Waals surface area contributed by atoms with Crippen molar-refractivity contribution in [3.05, 3.63) is 77.5 Å². The molecular weight excluding hydrogens is 352 g/mol. The minimum absolute atomic E-state index is 0.0166. The van der Waals surface area contributed by atoms with Crippen LogP contribution in [0.15, 0.2) is 60.7 Å². The number of hydrogen-bond donors (Lipinski definition) is 1. The second kappa shape index (κ2) is 7.23. The number of anilines is 3. The molecule has 0 aliphatic carbocycles. The normalized spacial score (nSPS) is 15.2. The first-order valence-corrected chi connectivity index (χ1v) is 9.16. The lowest BCUT2D eigenvalue weighted by Gasteiger charge is -2.23. The predicted molar refractivity (Wildman–Crippen MR) is 108 cm³/mol. The molecule has 1 aliphatic heterocycles. The lowest BCUT2D eigenvalue weighted by atomic mass is 10.1. The fraction of sp³-hybridized carbons (Fsp3) is 0.182. The van der Waals surface area contributed by atoms with Crippen LogP contribution in [-0.4, -0.2) is 27.9 Å². The molecule has 0 saturated carbocycles. The lowest BCUT2D eigenvalue weighted by Crippen LogP contribution is -2.25. The summed E-state index contributed by atoms with van der Waals surface area (Å²) in [6, 6.07) is 18.8. The topological polar surface area (TPSA) is 75.2 Å². The largest absolute Gasteiger partial charge is 0.321 e. The van der Waals surface area contributed by atoms with Gasteiger partial charge in [-0.05, 0) is 68.3 Å². The molecule has 0 bridgehead atoms. The number of para-hydroxylation sites is 1. The van der Waals surface area contributed by atoms with Crippen LogP contribution in [0.3, 0.4) is 0 Å². The molecular formula is C22H20N4O2. The van der Waals surface area contributed by atoms with E-state index in [4.69, 9.17) is 0 Å². The number of nitrogens with one attached hydrogen (secondary N) is 1. The zero-order valence-electron chi connectivity index (χ0n) is 15.7. The molecule has 3 aromatic rings. The van der Waals surface area contributed by atoms with Crippen molar-refractivity contribution in [3.8, 4) is 0 Å². The summed E-state index contributed by atoms with van der Waals surface area (Å²) in [4.78, 5) is 25.9. The Bertz CT molecular complexity index is 1030. The maximum atomic E-state index is 12.4. The van der Waals surface area contributed by atoms with Gasteiger partial charge < -0.3 is 10.2 Å². The number of amides is 1. The summed E-state index contributed by atoms with van der Waals surface area (Å²) >= 11 is 0. The van der Waals surface area contributed by atoms with Crippen LogP contribution < -0.4 is 10.2 Å². The zero-order valence-corrected chi connectivity index (χ0v) is 15.7. The minimum atomic E-state index is -0.343. The number of aromatic nitrogens is 2. The van der Waals surface area contributed by atoms with Gasteiger partial charge in [-0.3, -0.25) is 9.59 Å². The number of ketones is 1. The molecule has 28 heavy (non-hydrogen) atoms. The smallest absolute Gasteiger partial charge is 0.276 e. The average molecular weight is 372 g/mol. The fourth-order valence-electron chi connectivity index (χ4n) is 3.47. The SMILES string of the molecule is CC(=O)c1ccc(NC(=O)c2ccc(N3c4ccccc4CC3C)nn2)cc1. The average Bonchev–Trinajstić information content (AvgIpc) is 3.04. The quantitative estimate of drug-likeness (QED) is 0.700. The van der Waals surface area contributed by atoms with E-state index in [0.717, 1.165) is 17.9 Å². The third-order valence-electron chi connectivity index (χ3n) is 4.89. The van der Waals surface area contributed by atoms with E-state index in [2.05, 4.69) is 39.5 Å². The van der Waals surface area contributed by atoms with Crippen molar-refractivity contribution in [1.82, 2.24) is 10.2 Å². The zero-order chi connectivity index (χ0) is 19.7. The van der Waals surface area contributed by atoms with E-state index in [1.165, 1.54) is 12.5 Å². The van der Waals surface area contributed by atoms with Crippen LogP contribution in [-0.2, 0) is 6.42 Å². The van der Waals surface area contributed by atoms with Gasteiger partial charge in [-0.1, -0.05) is 18.2 Å². The summed E-state index contributed by atoms with van der Waals surface area (Å²) in [5.74, 6) is 0.362. The van der Waals surface area contributed by atoms with Crippen LogP contribution in [0.4, 0.5) is 17.2 Å². The summed E-state index contributed by atoms with van der Waals surface area (Å²) in [6.45, 7) is 3.65. The number of fused-ring (bicyclic) bond motifs is 1. The van der Waals surface area contributed by atoms with Crippen molar-refractivity contribution in [2.24, 2.45) is 0 Å². The van der Waals surface area contributed by atoms with Crippen LogP contribution in [0, 0.1) is 0 Å². The van der Waals surface area contributed by atoms with Crippen molar-refractivity contribution in [2.45, 2.75) is 26.3 Å². The van der Waals surface area contributed by atoms with E-state index < -0.39 is 0 Å². The van der Waals surface area contributed by atoms with E-state index >= 15 is 0 Å². The first-order chi connectivity index (χ1) is 13.5. The molecule has 2 aromatic carbocycles. The molecule has 1 unspecified atom stereocenters. The van der Waals surface area contributed by atoms with Gasteiger partial charge in [0.2, 0.25) is 0 Å². The number of Topliss-reactive ketones (excluding diaryl/α,β-unsaturated/α-hetero) is 1. The highest BCUT2D eigenvalue weighted by Gasteiger charge is 2.28. The van der Waals surface area contributed by atoms with Gasteiger partial charge in [-0.25, -0.2) is 0 Å². The van der Waals surface area contributed by atoms with Crippen molar-refractivity contribution in [3.63, 3.8) is 0 Å². The van der Waals surface area contributed by atoms with Gasteiger partial charge in [0.15, 0.2) is 17.3 Å². The van der Waals surface area contributed by atoms with Crippen LogP contribution >= 0.6 is 0 Å². The number of rotatable bonds is 4. The van der Waals surface area contributed by atoms with Crippen LogP contribution in [0.5, 0.6) is 0 Å². The Hall–Kier alpha value is -3.54. The Morgan fingerprint density at radius 3 is 2.43 bits per heavy atom. The monoisotopic (exact) mass is 372 g/mol. The fourth-order valence-corrected chi connectivity index (χ4v) is 3.47. The van der Waals surface area contributed by atoms with Crippen molar-refractivity contribution < 1.29 is 9.59 Å². The molecule has 1 amide bonds. The van der Waals surface area contributed by atoms with Gasteiger partial charge in [0.05, 0.1) is 0 Å². The van der Waals surface area contributed by atoms with E-state index in [1.807, 2.05) is 18.2 Å². The molecule has 2 heterocycles. The van der Waals surface area contributed by atoms with Gasteiger partial charge in [-0.15, -0.1) is 10.2 Å². The number of hydrogen-bond acceptors (Lipinski definition) is 5. The molecule has 1 N–H and O–H groups in total. The number of carbonyl (C=O) groups excluding carboxylic acids is 2. The van der Waals surface area contributed by atoms with Gasteiger partial charge in [-0.2, -0.15) is 0 Å². The summed E-state index contributed by atoms with van der Waals surface area (Å²) in [5.41, 5.74) is 3.85. The molecule has 0 saturated heterocycles. The third-order valence-corrected chi connectivity index (χ3v) is 4.89.